The number of allylic oxidation sites excluding steroid dienone is 4. The van der Waals surface area contributed by atoms with Crippen LogP contribution in [0.2, 0.25) is 0 Å². The highest BCUT2D eigenvalue weighted by Gasteiger charge is 2.45. The van der Waals surface area contributed by atoms with Gasteiger partial charge in [-0.1, -0.05) is 19.9 Å². The van der Waals surface area contributed by atoms with Gasteiger partial charge in [-0.2, -0.15) is 0 Å². The molecule has 0 fully saturated rings. The maximum Gasteiger partial charge on any atom is 0.182 e. The molecule has 0 saturated carbocycles. The molecule has 3 aliphatic carbocycles. The van der Waals surface area contributed by atoms with Gasteiger partial charge in [-0.15, -0.1) is 12.4 Å². The SMILES string of the molecule is CN(C)CCC1C(=O)c2cncn3c4c(c(c23)C1=O)C1=C(C(=O)C=CC1)C(C)(C)C4.Cl. The van der Waals surface area contributed by atoms with Crippen molar-refractivity contribution in [1.29, 1.82) is 0 Å². The molecular formula is C24H26ClN3O3. The molecular weight excluding hydrogens is 414 g/mol. The Morgan fingerprint density at radius 2 is 1.90 bits per heavy atom. The number of carbonyl (C=O) groups excluding carboxylic acids is 3. The van der Waals surface area contributed by atoms with Crippen molar-refractivity contribution in [2.24, 2.45) is 11.3 Å². The number of hydrogen-bond acceptors (Lipinski definition) is 5. The van der Waals surface area contributed by atoms with Gasteiger partial charge in [0, 0.05) is 23.0 Å². The van der Waals surface area contributed by atoms with E-state index in [1.807, 2.05) is 29.5 Å². The first-order valence-corrected chi connectivity index (χ1v) is 10.4. The predicted octanol–water partition coefficient (Wildman–Crippen LogP) is 3.57. The van der Waals surface area contributed by atoms with Crippen LogP contribution in [0.4, 0.5) is 0 Å². The summed E-state index contributed by atoms with van der Waals surface area (Å²) in [6.45, 7) is 4.80. The van der Waals surface area contributed by atoms with Crippen molar-refractivity contribution in [3.63, 3.8) is 0 Å². The molecule has 3 aliphatic rings. The summed E-state index contributed by atoms with van der Waals surface area (Å²) >= 11 is 0. The Morgan fingerprint density at radius 1 is 1.16 bits per heavy atom. The van der Waals surface area contributed by atoms with Gasteiger partial charge in [0.15, 0.2) is 17.3 Å². The van der Waals surface area contributed by atoms with E-state index >= 15 is 0 Å². The van der Waals surface area contributed by atoms with Gasteiger partial charge >= 0.3 is 0 Å². The third-order valence-electron chi connectivity index (χ3n) is 6.69. The second-order valence-corrected chi connectivity index (χ2v) is 9.48. The summed E-state index contributed by atoms with van der Waals surface area (Å²) in [6, 6.07) is 0. The van der Waals surface area contributed by atoms with Crippen molar-refractivity contribution >= 4 is 40.8 Å². The number of carbonyl (C=O) groups is 3. The maximum absolute atomic E-state index is 13.7. The van der Waals surface area contributed by atoms with E-state index in [0.717, 1.165) is 22.4 Å². The van der Waals surface area contributed by atoms with Crippen LogP contribution < -0.4 is 0 Å². The summed E-state index contributed by atoms with van der Waals surface area (Å²) in [5.74, 6) is -0.937. The minimum Gasteiger partial charge on any atom is -0.309 e. The molecule has 1 atom stereocenters. The van der Waals surface area contributed by atoms with E-state index in [1.54, 1.807) is 18.6 Å². The number of aromatic nitrogens is 2. The minimum absolute atomic E-state index is 0. The normalized spacial score (nSPS) is 21.5. The Kier molecular flexibility index (Phi) is 5.06. The molecule has 0 radical (unpaired) electrons. The third-order valence-corrected chi connectivity index (χ3v) is 6.69. The van der Waals surface area contributed by atoms with Crippen LogP contribution in [0.25, 0.3) is 11.1 Å². The van der Waals surface area contributed by atoms with E-state index in [2.05, 4.69) is 18.8 Å². The number of fused-ring (bicyclic) bond motifs is 4. The van der Waals surface area contributed by atoms with E-state index < -0.39 is 5.92 Å². The van der Waals surface area contributed by atoms with E-state index in [1.165, 1.54) is 0 Å². The van der Waals surface area contributed by atoms with Crippen molar-refractivity contribution in [3.05, 3.63) is 52.6 Å². The Morgan fingerprint density at radius 3 is 2.61 bits per heavy atom. The Bertz CT molecular complexity index is 1220. The van der Waals surface area contributed by atoms with Crippen molar-refractivity contribution in [1.82, 2.24) is 14.3 Å². The monoisotopic (exact) mass is 439 g/mol. The van der Waals surface area contributed by atoms with Crippen LogP contribution in [0.5, 0.6) is 0 Å². The molecule has 0 aliphatic heterocycles. The lowest BCUT2D eigenvalue weighted by Crippen LogP contribution is -2.33. The molecule has 0 amide bonds. The standard InChI is InChI=1S/C24H25N3O3.ClH/c1-24(2)10-16-18(13-6-5-7-17(28)20(13)24)19-21-15(11-25-12-27(16)21)22(29)14(23(19)30)8-9-26(3)4;/h5,7,11-12,14H,6,8-10H2,1-4H3;1H. The first kappa shape index (κ1) is 21.7. The van der Waals surface area contributed by atoms with E-state index in [-0.39, 0.29) is 35.2 Å². The number of Topliss-reactive ketones (excluding diaryl/α,β-unsaturated/α-hetero) is 2. The average Bonchev–Trinajstić information content (AvgIpc) is 3.00. The summed E-state index contributed by atoms with van der Waals surface area (Å²) in [6.07, 6.45) is 8.53. The molecule has 0 bridgehead atoms. The zero-order valence-corrected chi connectivity index (χ0v) is 19.0. The largest absolute Gasteiger partial charge is 0.309 e. The topological polar surface area (TPSA) is 71.8 Å². The zero-order chi connectivity index (χ0) is 21.4. The van der Waals surface area contributed by atoms with Gasteiger partial charge in [-0.3, -0.25) is 14.4 Å². The molecule has 1 unspecified atom stereocenters. The molecule has 7 heteroatoms. The molecule has 0 saturated heterocycles. The average molecular weight is 440 g/mol. The highest BCUT2D eigenvalue weighted by Crippen LogP contribution is 2.50. The molecule has 2 aromatic heterocycles. The van der Waals surface area contributed by atoms with Crippen LogP contribution in [0.1, 0.15) is 58.7 Å². The van der Waals surface area contributed by atoms with Crippen LogP contribution in [0, 0.1) is 11.3 Å². The molecule has 2 aromatic rings. The Balaban J connectivity index is 0.00000231. The fourth-order valence-corrected chi connectivity index (χ4v) is 5.41. The first-order valence-electron chi connectivity index (χ1n) is 10.4. The lowest BCUT2D eigenvalue weighted by Gasteiger charge is -2.35. The van der Waals surface area contributed by atoms with Crippen LogP contribution in [0.3, 0.4) is 0 Å². The first-order chi connectivity index (χ1) is 14.2. The Hall–Kier alpha value is -2.57. The molecule has 162 valence electrons. The summed E-state index contributed by atoms with van der Waals surface area (Å²) in [5.41, 5.74) is 5.02. The zero-order valence-electron chi connectivity index (χ0n) is 18.2. The third kappa shape index (κ3) is 2.96. The van der Waals surface area contributed by atoms with Gasteiger partial charge in [0.05, 0.1) is 28.9 Å². The van der Waals surface area contributed by atoms with E-state index in [0.29, 0.717) is 42.5 Å². The van der Waals surface area contributed by atoms with Crippen LogP contribution in [-0.4, -0.2) is 52.3 Å². The molecule has 0 spiro atoms. The summed E-state index contributed by atoms with van der Waals surface area (Å²) in [7, 11) is 3.87. The van der Waals surface area contributed by atoms with Crippen molar-refractivity contribution < 1.29 is 14.4 Å². The number of hydrogen-bond donors (Lipinski definition) is 0. The summed E-state index contributed by atoms with van der Waals surface area (Å²) in [4.78, 5) is 46.0. The van der Waals surface area contributed by atoms with Gasteiger partial charge in [0.2, 0.25) is 0 Å². The van der Waals surface area contributed by atoms with Gasteiger partial charge in [0.25, 0.3) is 0 Å². The van der Waals surface area contributed by atoms with Crippen molar-refractivity contribution in [3.8, 4) is 0 Å². The maximum atomic E-state index is 13.7. The number of nitrogens with zero attached hydrogens (tertiary/aromatic N) is 3. The predicted molar refractivity (Wildman–Crippen MR) is 121 cm³/mol. The fraction of sp³-hybridized carbons (Fsp3) is 0.417. The smallest absolute Gasteiger partial charge is 0.182 e. The number of rotatable bonds is 3. The highest BCUT2D eigenvalue weighted by atomic mass is 35.5. The van der Waals surface area contributed by atoms with Crippen molar-refractivity contribution in [2.45, 2.75) is 33.1 Å². The van der Waals surface area contributed by atoms with E-state index in [4.69, 9.17) is 0 Å². The van der Waals surface area contributed by atoms with Gasteiger partial charge < -0.3 is 9.30 Å². The van der Waals surface area contributed by atoms with Crippen LogP contribution >= 0.6 is 12.4 Å². The van der Waals surface area contributed by atoms with Crippen LogP contribution in [-0.2, 0) is 11.2 Å². The number of halogens is 1. The fourth-order valence-electron chi connectivity index (χ4n) is 5.41. The molecule has 0 aromatic carbocycles. The van der Waals surface area contributed by atoms with E-state index in [9.17, 15) is 14.4 Å². The molecule has 0 N–H and O–H groups in total. The molecule has 6 nitrogen and oxygen atoms in total. The van der Waals surface area contributed by atoms with Crippen molar-refractivity contribution in [2.75, 3.05) is 20.6 Å². The second-order valence-electron chi connectivity index (χ2n) is 9.48. The van der Waals surface area contributed by atoms with Crippen LogP contribution in [0.15, 0.2) is 30.2 Å². The minimum atomic E-state index is -0.701. The lowest BCUT2D eigenvalue weighted by molar-refractivity contribution is -0.112. The second kappa shape index (κ2) is 7.24. The van der Waals surface area contributed by atoms with Gasteiger partial charge in [0.1, 0.15) is 0 Å². The Labute approximate surface area is 187 Å². The summed E-state index contributed by atoms with van der Waals surface area (Å²) in [5, 5.41) is 0. The number of ketones is 3. The summed E-state index contributed by atoms with van der Waals surface area (Å²) < 4.78 is 1.92. The molecule has 5 rings (SSSR count). The van der Waals surface area contributed by atoms with Gasteiger partial charge in [-0.05, 0) is 57.0 Å². The van der Waals surface area contributed by atoms with Gasteiger partial charge in [-0.25, -0.2) is 4.98 Å². The highest BCUT2D eigenvalue weighted by molar-refractivity contribution is 6.28. The molecule has 31 heavy (non-hydrogen) atoms. The quantitative estimate of drug-likeness (QED) is 0.683. The molecule has 2 heterocycles. The lowest BCUT2D eigenvalue weighted by atomic mass is 9.67.